The molecule has 0 radical (unpaired) electrons. The van der Waals surface area contributed by atoms with Gasteiger partial charge < -0.3 is 14.7 Å². The monoisotopic (exact) mass is 289 g/mol. The minimum atomic E-state index is -0.0638. The van der Waals surface area contributed by atoms with E-state index in [2.05, 4.69) is 20.6 Å². The van der Waals surface area contributed by atoms with Crippen molar-refractivity contribution in [3.8, 4) is 0 Å². The molecule has 4 heterocycles. The van der Waals surface area contributed by atoms with Crippen molar-refractivity contribution in [3.63, 3.8) is 0 Å². The lowest BCUT2D eigenvalue weighted by molar-refractivity contribution is 0.252. The molecule has 0 saturated carbocycles. The van der Waals surface area contributed by atoms with Crippen LogP contribution in [0.5, 0.6) is 0 Å². The number of aromatic nitrogens is 4. The van der Waals surface area contributed by atoms with E-state index in [1.165, 1.54) is 0 Å². The lowest BCUT2D eigenvalue weighted by atomic mass is 10.1. The number of amides is 2. The molecule has 2 fully saturated rings. The number of anilines is 2. The van der Waals surface area contributed by atoms with Crippen molar-refractivity contribution in [2.45, 2.75) is 13.0 Å². The largest absolute Gasteiger partial charge is 0.336 e. The highest BCUT2D eigenvalue weighted by Gasteiger charge is 2.33. The molecule has 2 aliphatic heterocycles. The second-order valence-corrected chi connectivity index (χ2v) is 5.25. The molecule has 21 heavy (non-hydrogen) atoms. The minimum absolute atomic E-state index is 0.0638. The van der Waals surface area contributed by atoms with Crippen LogP contribution in [0.25, 0.3) is 0 Å². The molecular formula is C12H15N7O2. The zero-order valence-corrected chi connectivity index (χ0v) is 11.6. The molecule has 2 aliphatic rings. The van der Waals surface area contributed by atoms with Crippen molar-refractivity contribution in [2.24, 2.45) is 0 Å². The smallest absolute Gasteiger partial charge is 0.324 e. The highest BCUT2D eigenvalue weighted by Crippen LogP contribution is 2.27. The summed E-state index contributed by atoms with van der Waals surface area (Å²) >= 11 is 0. The lowest BCUT2D eigenvalue weighted by Crippen LogP contribution is -2.48. The maximum atomic E-state index is 11.6. The zero-order valence-electron chi connectivity index (χ0n) is 11.6. The van der Waals surface area contributed by atoms with Crippen molar-refractivity contribution < 1.29 is 9.32 Å². The van der Waals surface area contributed by atoms with Gasteiger partial charge >= 0.3 is 12.0 Å². The Labute approximate surface area is 120 Å². The Morgan fingerprint density at radius 1 is 1.43 bits per heavy atom. The van der Waals surface area contributed by atoms with Crippen molar-refractivity contribution in [3.05, 3.63) is 18.2 Å². The van der Waals surface area contributed by atoms with Crippen LogP contribution in [-0.2, 0) is 0 Å². The van der Waals surface area contributed by atoms with Gasteiger partial charge in [-0.3, -0.25) is 9.58 Å². The van der Waals surface area contributed by atoms with Crippen LogP contribution in [0.3, 0.4) is 0 Å². The number of aryl methyl sites for hydroxylation is 1. The van der Waals surface area contributed by atoms with Crippen LogP contribution in [0.1, 0.15) is 11.9 Å². The van der Waals surface area contributed by atoms with Crippen molar-refractivity contribution in [2.75, 3.05) is 36.0 Å². The highest BCUT2D eigenvalue weighted by atomic mass is 16.5. The summed E-state index contributed by atoms with van der Waals surface area (Å²) in [7, 11) is 0. The Balaban J connectivity index is 1.42. The molecule has 2 aromatic heterocycles. The van der Waals surface area contributed by atoms with E-state index in [-0.39, 0.29) is 12.1 Å². The van der Waals surface area contributed by atoms with Gasteiger partial charge in [-0.05, 0) is 6.92 Å². The maximum Gasteiger partial charge on any atom is 0.324 e. The van der Waals surface area contributed by atoms with Gasteiger partial charge in [0.2, 0.25) is 0 Å². The van der Waals surface area contributed by atoms with Gasteiger partial charge in [-0.25, -0.2) is 4.79 Å². The molecule has 1 N–H and O–H groups in total. The van der Waals surface area contributed by atoms with Crippen molar-refractivity contribution >= 4 is 17.7 Å². The van der Waals surface area contributed by atoms with Crippen LogP contribution < -0.4 is 15.1 Å². The van der Waals surface area contributed by atoms with Crippen LogP contribution >= 0.6 is 0 Å². The van der Waals surface area contributed by atoms with Crippen LogP contribution in [-0.4, -0.2) is 52.1 Å². The Bertz CT molecular complexity index is 673. The molecule has 0 spiro atoms. The van der Waals surface area contributed by atoms with E-state index in [0.29, 0.717) is 24.9 Å². The first-order valence-corrected chi connectivity index (χ1v) is 6.85. The van der Waals surface area contributed by atoms with E-state index >= 15 is 0 Å². The predicted molar refractivity (Wildman–Crippen MR) is 73.3 cm³/mol. The fourth-order valence-electron chi connectivity index (χ4n) is 2.58. The number of hydrogen-bond donors (Lipinski definition) is 1. The van der Waals surface area contributed by atoms with Gasteiger partial charge in [0.1, 0.15) is 0 Å². The van der Waals surface area contributed by atoms with Crippen LogP contribution in [0.4, 0.5) is 16.5 Å². The van der Waals surface area contributed by atoms with E-state index in [1.54, 1.807) is 18.0 Å². The summed E-state index contributed by atoms with van der Waals surface area (Å²) < 4.78 is 7.02. The normalized spacial score (nSPS) is 19.0. The summed E-state index contributed by atoms with van der Waals surface area (Å²) in [4.78, 5) is 19.5. The first-order valence-electron chi connectivity index (χ1n) is 6.85. The lowest BCUT2D eigenvalue weighted by Gasteiger charge is -2.37. The third-order valence-electron chi connectivity index (χ3n) is 3.78. The van der Waals surface area contributed by atoms with E-state index in [9.17, 15) is 4.79 Å². The molecule has 0 atom stereocenters. The second kappa shape index (κ2) is 4.47. The zero-order chi connectivity index (χ0) is 14.4. The summed E-state index contributed by atoms with van der Waals surface area (Å²) in [6.07, 6.45) is 3.64. The number of carbonyl (C=O) groups excluding carboxylic acids is 1. The fourth-order valence-corrected chi connectivity index (χ4v) is 2.58. The molecule has 9 heteroatoms. The van der Waals surface area contributed by atoms with Gasteiger partial charge in [0.15, 0.2) is 5.82 Å². The Hall–Kier alpha value is -2.58. The number of nitrogens with one attached hydrogen (secondary N) is 1. The molecule has 110 valence electrons. The number of carbonyl (C=O) groups is 1. The first kappa shape index (κ1) is 12.2. The molecule has 0 unspecified atom stereocenters. The maximum absolute atomic E-state index is 11.6. The number of rotatable bonds is 3. The summed E-state index contributed by atoms with van der Waals surface area (Å²) in [6.45, 7) is 4.70. The fraction of sp³-hybridized carbons (Fsp3) is 0.500. The van der Waals surface area contributed by atoms with E-state index in [0.717, 1.165) is 18.8 Å². The van der Waals surface area contributed by atoms with E-state index in [1.807, 2.05) is 15.8 Å². The van der Waals surface area contributed by atoms with Gasteiger partial charge in [0.25, 0.3) is 0 Å². The molecule has 4 rings (SSSR count). The first-order chi connectivity index (χ1) is 10.2. The van der Waals surface area contributed by atoms with Crippen LogP contribution in [0.2, 0.25) is 0 Å². The second-order valence-electron chi connectivity index (χ2n) is 5.25. The summed E-state index contributed by atoms with van der Waals surface area (Å²) in [5, 5.41) is 10.9. The summed E-state index contributed by atoms with van der Waals surface area (Å²) in [5.74, 6) is 0.634. The number of nitrogens with zero attached hydrogens (tertiary/aromatic N) is 6. The third-order valence-corrected chi connectivity index (χ3v) is 3.78. The van der Waals surface area contributed by atoms with Crippen LogP contribution in [0, 0.1) is 6.92 Å². The topological polar surface area (TPSA) is 92.3 Å². The molecule has 9 nitrogen and oxygen atoms in total. The summed E-state index contributed by atoms with van der Waals surface area (Å²) in [5.41, 5.74) is 0.831. The Morgan fingerprint density at radius 3 is 2.95 bits per heavy atom. The number of urea groups is 1. The number of hydrogen-bond acceptors (Lipinski definition) is 6. The molecule has 0 bridgehead atoms. The van der Waals surface area contributed by atoms with Gasteiger partial charge in [-0.2, -0.15) is 10.1 Å². The molecular weight excluding hydrogens is 274 g/mol. The molecule has 0 aromatic carbocycles. The van der Waals surface area contributed by atoms with Crippen molar-refractivity contribution in [1.82, 2.24) is 25.2 Å². The van der Waals surface area contributed by atoms with Gasteiger partial charge in [0, 0.05) is 32.4 Å². The van der Waals surface area contributed by atoms with E-state index < -0.39 is 0 Å². The quantitative estimate of drug-likeness (QED) is 0.865. The SMILES string of the molecule is Cc1noc(N2CC(n3cc(N4CCNC4=O)cn3)C2)n1. The Morgan fingerprint density at radius 2 is 2.29 bits per heavy atom. The summed E-state index contributed by atoms with van der Waals surface area (Å²) in [6, 6.07) is 0.748. The average Bonchev–Trinajstić information content (AvgIpc) is 3.10. The predicted octanol–water partition coefficient (Wildman–Crippen LogP) is 0.165. The minimum Gasteiger partial charge on any atom is -0.336 e. The van der Waals surface area contributed by atoms with Gasteiger partial charge in [0.05, 0.1) is 17.9 Å². The van der Waals surface area contributed by atoms with Crippen molar-refractivity contribution in [1.29, 1.82) is 0 Å². The van der Waals surface area contributed by atoms with Crippen LogP contribution in [0.15, 0.2) is 16.9 Å². The standard InChI is InChI=1S/C12H15N7O2/c1-8-15-12(21-16-8)17-5-10(6-17)19-7-9(4-14-19)18-3-2-13-11(18)20/h4,7,10H,2-3,5-6H2,1H3,(H,13,20). The average molecular weight is 289 g/mol. The third kappa shape index (κ3) is 2.01. The Kier molecular flexibility index (Phi) is 2.59. The molecule has 2 saturated heterocycles. The van der Waals surface area contributed by atoms with Gasteiger partial charge in [-0.1, -0.05) is 5.16 Å². The van der Waals surface area contributed by atoms with E-state index in [4.69, 9.17) is 4.52 Å². The highest BCUT2D eigenvalue weighted by molar-refractivity contribution is 5.93. The molecule has 2 aromatic rings. The van der Waals surface area contributed by atoms with Gasteiger partial charge in [-0.15, -0.1) is 0 Å². The molecule has 2 amide bonds. The molecule has 0 aliphatic carbocycles.